The van der Waals surface area contributed by atoms with Crippen LogP contribution in [-0.2, 0) is 6.18 Å². The fraction of sp³-hybridized carbons (Fsp3) is 0.222. The molecule has 1 aliphatic heterocycles. The number of para-hydroxylation sites is 1. The van der Waals surface area contributed by atoms with Crippen molar-refractivity contribution in [2.75, 3.05) is 18.0 Å². The number of aromatic hydroxyl groups is 1. The van der Waals surface area contributed by atoms with Crippen molar-refractivity contribution in [3.8, 4) is 17.1 Å². The summed E-state index contributed by atoms with van der Waals surface area (Å²) >= 11 is 0. The quantitative estimate of drug-likeness (QED) is 0.342. The lowest BCUT2D eigenvalue weighted by Gasteiger charge is -2.21. The molecule has 0 aliphatic carbocycles. The predicted molar refractivity (Wildman–Crippen MR) is 133 cm³/mol. The van der Waals surface area contributed by atoms with E-state index in [1.807, 2.05) is 30.0 Å². The Balaban J connectivity index is 0.00000336. The van der Waals surface area contributed by atoms with E-state index < -0.39 is 23.5 Å². The number of nitrogens with one attached hydrogen (secondary N) is 1. The molecule has 5 rings (SSSR count). The predicted octanol–water partition coefficient (Wildman–Crippen LogP) is 5.72. The third-order valence-electron chi connectivity index (χ3n) is 6.33. The topological polar surface area (TPSA) is 78.4 Å². The summed E-state index contributed by atoms with van der Waals surface area (Å²) in [5.41, 5.74) is 0.434. The Bertz CT molecular complexity index is 1510. The van der Waals surface area contributed by atoms with Crippen molar-refractivity contribution >= 4 is 22.6 Å². The fourth-order valence-corrected chi connectivity index (χ4v) is 4.47. The van der Waals surface area contributed by atoms with Crippen LogP contribution in [0.15, 0.2) is 60.7 Å². The maximum atomic E-state index is 13.6. The van der Waals surface area contributed by atoms with Gasteiger partial charge in [0.1, 0.15) is 17.4 Å². The highest BCUT2D eigenvalue weighted by Gasteiger charge is 2.35. The first-order chi connectivity index (χ1) is 17.6. The molecule has 0 bridgehead atoms. The van der Waals surface area contributed by atoms with Crippen LogP contribution in [0.4, 0.5) is 23.4 Å². The standard InChI is InChI=1S/C27H22F4N4O2.H2/c1-15-6-8-18-22(12-15)33-24(19-4-2-3-5-23(19)36)34-25(18)35-11-10-17(14-35)32-26(37)16-7-9-21(28)20(13-16)27(29,30)31;/h2-9,12-13,17,36H,10-11,14H2,1H3,(H,32,37);1H/t17-;/m1./s1. The largest absolute Gasteiger partial charge is 0.507 e. The number of carbonyl (C=O) groups excluding carboxylic acids is 1. The molecule has 0 radical (unpaired) electrons. The number of halogens is 4. The summed E-state index contributed by atoms with van der Waals surface area (Å²) < 4.78 is 52.8. The monoisotopic (exact) mass is 512 g/mol. The summed E-state index contributed by atoms with van der Waals surface area (Å²) in [5.74, 6) is -1.12. The van der Waals surface area contributed by atoms with Crippen LogP contribution in [-0.4, -0.2) is 40.1 Å². The van der Waals surface area contributed by atoms with Gasteiger partial charge in [-0.1, -0.05) is 18.2 Å². The van der Waals surface area contributed by atoms with Crippen LogP contribution in [0.5, 0.6) is 5.75 Å². The van der Waals surface area contributed by atoms with E-state index in [1.165, 1.54) is 0 Å². The van der Waals surface area contributed by atoms with E-state index in [1.54, 1.807) is 24.3 Å². The average molecular weight is 513 g/mol. The van der Waals surface area contributed by atoms with Crippen molar-refractivity contribution in [3.05, 3.63) is 83.2 Å². The number of benzene rings is 3. The Morgan fingerprint density at radius 3 is 2.65 bits per heavy atom. The van der Waals surface area contributed by atoms with E-state index in [2.05, 4.69) is 10.3 Å². The minimum Gasteiger partial charge on any atom is -0.507 e. The van der Waals surface area contributed by atoms with Gasteiger partial charge in [0, 0.05) is 31.5 Å². The molecule has 37 heavy (non-hydrogen) atoms. The summed E-state index contributed by atoms with van der Waals surface area (Å²) in [6.07, 6.45) is -4.37. The Kier molecular flexibility index (Phi) is 6.18. The molecular weight excluding hydrogens is 488 g/mol. The Labute approximate surface area is 211 Å². The van der Waals surface area contributed by atoms with E-state index >= 15 is 0 Å². The number of hydrogen-bond acceptors (Lipinski definition) is 5. The minimum absolute atomic E-state index is 0. The van der Waals surface area contributed by atoms with Gasteiger partial charge < -0.3 is 15.3 Å². The summed E-state index contributed by atoms with van der Waals surface area (Å²) in [6, 6.07) is 14.4. The van der Waals surface area contributed by atoms with E-state index in [4.69, 9.17) is 4.98 Å². The third-order valence-corrected chi connectivity index (χ3v) is 6.33. The van der Waals surface area contributed by atoms with Crippen molar-refractivity contribution in [1.82, 2.24) is 15.3 Å². The first-order valence-corrected chi connectivity index (χ1v) is 11.6. The molecule has 4 aromatic rings. The molecule has 1 amide bonds. The number of aryl methyl sites for hydroxylation is 1. The van der Waals surface area contributed by atoms with Crippen molar-refractivity contribution in [2.24, 2.45) is 0 Å². The smallest absolute Gasteiger partial charge is 0.419 e. The van der Waals surface area contributed by atoms with Crippen LogP contribution < -0.4 is 10.2 Å². The number of alkyl halides is 3. The highest BCUT2D eigenvalue weighted by molar-refractivity contribution is 5.95. The maximum Gasteiger partial charge on any atom is 0.419 e. The normalized spacial score (nSPS) is 15.8. The van der Waals surface area contributed by atoms with Gasteiger partial charge in [-0.05, 0) is 61.4 Å². The lowest BCUT2D eigenvalue weighted by molar-refractivity contribution is -0.140. The molecular formula is C27H24F4N4O2. The van der Waals surface area contributed by atoms with Gasteiger partial charge in [-0.3, -0.25) is 4.79 Å². The summed E-state index contributed by atoms with van der Waals surface area (Å²) in [5, 5.41) is 13.9. The minimum atomic E-state index is -4.90. The number of phenolic OH excluding ortho intramolecular Hbond substituents is 1. The summed E-state index contributed by atoms with van der Waals surface area (Å²) in [6.45, 7) is 2.84. The Morgan fingerprint density at radius 1 is 1.11 bits per heavy atom. The molecule has 1 saturated heterocycles. The van der Waals surface area contributed by atoms with Crippen molar-refractivity contribution < 1.29 is 28.9 Å². The van der Waals surface area contributed by atoms with Gasteiger partial charge in [-0.15, -0.1) is 0 Å². The van der Waals surface area contributed by atoms with Crippen molar-refractivity contribution in [2.45, 2.75) is 25.6 Å². The van der Waals surface area contributed by atoms with E-state index in [0.29, 0.717) is 54.4 Å². The zero-order chi connectivity index (χ0) is 26.3. The van der Waals surface area contributed by atoms with Crippen LogP contribution in [0.1, 0.15) is 29.3 Å². The number of amides is 1. The molecule has 1 aliphatic rings. The second-order valence-electron chi connectivity index (χ2n) is 9.01. The van der Waals surface area contributed by atoms with Gasteiger partial charge in [-0.25, -0.2) is 14.4 Å². The molecule has 1 atom stereocenters. The first-order valence-electron chi connectivity index (χ1n) is 11.6. The van der Waals surface area contributed by atoms with Gasteiger partial charge in [-0.2, -0.15) is 13.2 Å². The SMILES string of the molecule is Cc1ccc2c(N3CC[C@@H](NC(=O)c4ccc(F)c(C(F)(F)F)c4)C3)nc(-c3ccccc3O)nc2c1.[HH]. The summed E-state index contributed by atoms with van der Waals surface area (Å²) in [7, 11) is 0. The number of anilines is 1. The van der Waals surface area contributed by atoms with Gasteiger partial charge in [0.25, 0.3) is 5.91 Å². The number of nitrogens with zero attached hydrogens (tertiary/aromatic N) is 3. The second-order valence-corrected chi connectivity index (χ2v) is 9.01. The molecule has 3 aromatic carbocycles. The van der Waals surface area contributed by atoms with E-state index in [9.17, 15) is 27.5 Å². The van der Waals surface area contributed by atoms with Crippen LogP contribution in [0, 0.1) is 12.7 Å². The molecule has 1 aromatic heterocycles. The average Bonchev–Trinajstić information content (AvgIpc) is 3.31. The molecule has 0 unspecified atom stereocenters. The lowest BCUT2D eigenvalue weighted by atomic mass is 10.1. The van der Waals surface area contributed by atoms with E-state index in [0.717, 1.165) is 17.0 Å². The van der Waals surface area contributed by atoms with Gasteiger partial charge in [0.2, 0.25) is 0 Å². The van der Waals surface area contributed by atoms with Gasteiger partial charge >= 0.3 is 6.18 Å². The van der Waals surface area contributed by atoms with Crippen LogP contribution in [0.3, 0.4) is 0 Å². The molecule has 0 spiro atoms. The summed E-state index contributed by atoms with van der Waals surface area (Å²) in [4.78, 5) is 24.1. The zero-order valence-corrected chi connectivity index (χ0v) is 19.7. The second kappa shape index (κ2) is 9.34. The molecule has 10 heteroatoms. The first kappa shape index (κ1) is 24.5. The number of aromatic nitrogens is 2. The molecule has 192 valence electrons. The van der Waals surface area contributed by atoms with Crippen LogP contribution in [0.2, 0.25) is 0 Å². The molecule has 0 saturated carbocycles. The maximum absolute atomic E-state index is 13.6. The number of phenols is 1. The fourth-order valence-electron chi connectivity index (χ4n) is 4.47. The Hall–Kier alpha value is -4.21. The van der Waals surface area contributed by atoms with Gasteiger partial charge in [0.15, 0.2) is 5.82 Å². The number of rotatable bonds is 4. The zero-order valence-electron chi connectivity index (χ0n) is 19.7. The molecule has 6 nitrogen and oxygen atoms in total. The van der Waals surface area contributed by atoms with Crippen molar-refractivity contribution in [3.63, 3.8) is 0 Å². The Morgan fingerprint density at radius 2 is 1.89 bits per heavy atom. The number of hydrogen-bond donors (Lipinski definition) is 2. The highest BCUT2D eigenvalue weighted by Crippen LogP contribution is 2.34. The molecule has 2 N–H and O–H groups in total. The lowest BCUT2D eigenvalue weighted by Crippen LogP contribution is -2.37. The number of carbonyl (C=O) groups is 1. The van der Waals surface area contributed by atoms with E-state index in [-0.39, 0.29) is 18.8 Å². The van der Waals surface area contributed by atoms with Crippen molar-refractivity contribution in [1.29, 1.82) is 0 Å². The van der Waals surface area contributed by atoms with Gasteiger partial charge in [0.05, 0.1) is 16.6 Å². The van der Waals surface area contributed by atoms with Crippen LogP contribution in [0.25, 0.3) is 22.3 Å². The molecule has 1 fully saturated rings. The third kappa shape index (κ3) is 4.91. The molecule has 2 heterocycles. The number of fused-ring (bicyclic) bond motifs is 1. The highest BCUT2D eigenvalue weighted by atomic mass is 19.4. The van der Waals surface area contributed by atoms with Crippen LogP contribution >= 0.6 is 0 Å².